The molecule has 2 unspecified atom stereocenters. The molecule has 4 aromatic rings. The fourth-order valence-electron chi connectivity index (χ4n) is 3.60. The lowest BCUT2D eigenvalue weighted by Gasteiger charge is -2.16. The maximum atomic E-state index is 12.7. The maximum Gasteiger partial charge on any atom is 0.352 e. The van der Waals surface area contributed by atoms with Gasteiger partial charge in [-0.15, -0.1) is 0 Å². The van der Waals surface area contributed by atoms with Crippen LogP contribution in [0.5, 0.6) is 11.5 Å². The summed E-state index contributed by atoms with van der Waals surface area (Å²) in [7, 11) is 0. The molecule has 1 N–H and O–H groups in total. The van der Waals surface area contributed by atoms with E-state index in [9.17, 15) is 14.4 Å². The zero-order valence-electron chi connectivity index (χ0n) is 19.9. The molecule has 0 aliphatic heterocycles. The van der Waals surface area contributed by atoms with Gasteiger partial charge in [-0.2, -0.15) is 0 Å². The van der Waals surface area contributed by atoms with Gasteiger partial charge < -0.3 is 19.2 Å². The molecule has 7 nitrogen and oxygen atoms in total. The van der Waals surface area contributed by atoms with Gasteiger partial charge in [0.25, 0.3) is 5.91 Å². The molecule has 0 spiro atoms. The summed E-state index contributed by atoms with van der Waals surface area (Å²) in [5, 5.41) is 3.88. The fraction of sp³-hybridized carbons (Fsp3) is 0.179. The maximum absolute atomic E-state index is 12.7. The number of fused-ring (bicyclic) bond motifs is 1. The van der Waals surface area contributed by atoms with Crippen LogP contribution in [0.3, 0.4) is 0 Å². The van der Waals surface area contributed by atoms with Crippen LogP contribution in [0.1, 0.15) is 41.4 Å². The van der Waals surface area contributed by atoms with Crippen molar-refractivity contribution in [2.75, 3.05) is 0 Å². The highest BCUT2D eigenvalue weighted by Crippen LogP contribution is 2.24. The largest absolute Gasteiger partial charge is 0.479 e. The third-order valence-corrected chi connectivity index (χ3v) is 5.83. The molecule has 1 amide bonds. The van der Waals surface area contributed by atoms with Gasteiger partial charge in [-0.1, -0.05) is 41.9 Å². The Kier molecular flexibility index (Phi) is 7.41. The van der Waals surface area contributed by atoms with Gasteiger partial charge in [0.05, 0.1) is 6.04 Å². The van der Waals surface area contributed by atoms with Gasteiger partial charge in [0, 0.05) is 16.5 Å². The molecule has 0 aliphatic rings. The highest BCUT2D eigenvalue weighted by atomic mass is 35.5. The number of benzene rings is 3. The second-order valence-electron chi connectivity index (χ2n) is 8.34. The Labute approximate surface area is 212 Å². The molecule has 1 aromatic heterocycles. The summed E-state index contributed by atoms with van der Waals surface area (Å²) in [4.78, 5) is 37.8. The summed E-state index contributed by atoms with van der Waals surface area (Å²) in [5.74, 6) is -0.479. The minimum atomic E-state index is -0.898. The highest BCUT2D eigenvalue weighted by molar-refractivity contribution is 6.30. The lowest BCUT2D eigenvalue weighted by Crippen LogP contribution is -2.30. The Hall–Kier alpha value is -4.10. The molecule has 4 rings (SSSR count). The van der Waals surface area contributed by atoms with Gasteiger partial charge >= 0.3 is 11.6 Å². The summed E-state index contributed by atoms with van der Waals surface area (Å²) in [5.41, 5.74) is 0.966. The first kappa shape index (κ1) is 25.0. The van der Waals surface area contributed by atoms with Crippen molar-refractivity contribution in [1.29, 1.82) is 0 Å². The zero-order chi connectivity index (χ0) is 25.8. The van der Waals surface area contributed by atoms with Gasteiger partial charge in [0.2, 0.25) is 0 Å². The SMILES string of the molecule is Cc1cc(Cl)ccc1OC(C)C(=O)Oc1ccc2cc(C(=O)NC(C)c3ccccc3)c(=O)oc2c1. The Bertz CT molecular complexity index is 1480. The Morgan fingerprint density at radius 2 is 1.72 bits per heavy atom. The van der Waals surface area contributed by atoms with E-state index in [2.05, 4.69) is 5.32 Å². The van der Waals surface area contributed by atoms with Crippen LogP contribution in [-0.2, 0) is 4.79 Å². The van der Waals surface area contributed by atoms with Gasteiger partial charge in [-0.3, -0.25) is 4.79 Å². The van der Waals surface area contributed by atoms with Crippen LogP contribution in [0.15, 0.2) is 82.0 Å². The molecule has 36 heavy (non-hydrogen) atoms. The fourth-order valence-corrected chi connectivity index (χ4v) is 3.82. The summed E-state index contributed by atoms with van der Waals surface area (Å²) < 4.78 is 16.5. The number of hydrogen-bond donors (Lipinski definition) is 1. The van der Waals surface area contributed by atoms with Crippen LogP contribution >= 0.6 is 11.6 Å². The molecular weight excluding hydrogens is 482 g/mol. The molecule has 184 valence electrons. The number of carbonyl (C=O) groups excluding carboxylic acids is 2. The van der Waals surface area contributed by atoms with Crippen molar-refractivity contribution in [3.8, 4) is 11.5 Å². The molecule has 8 heteroatoms. The Balaban J connectivity index is 1.47. The van der Waals surface area contributed by atoms with E-state index in [-0.39, 0.29) is 22.9 Å². The van der Waals surface area contributed by atoms with Gasteiger partial charge in [-0.25, -0.2) is 9.59 Å². The average Bonchev–Trinajstić information content (AvgIpc) is 2.85. The molecule has 0 radical (unpaired) electrons. The number of esters is 1. The first-order valence-corrected chi connectivity index (χ1v) is 11.7. The standard InChI is InChI=1S/C28H24ClNO6/c1-16-13-21(29)10-12-24(16)34-18(3)27(32)35-22-11-9-20-14-23(28(33)36-25(20)15-22)26(31)30-17(2)19-7-5-4-6-8-19/h4-15,17-18H,1-3H3,(H,30,31). The summed E-state index contributed by atoms with van der Waals surface area (Å²) in [6, 6.07) is 20.2. The van der Waals surface area contributed by atoms with Crippen LogP contribution in [-0.4, -0.2) is 18.0 Å². The van der Waals surface area contributed by atoms with Crippen LogP contribution in [0.2, 0.25) is 5.02 Å². The van der Waals surface area contributed by atoms with Crippen molar-refractivity contribution in [3.63, 3.8) is 0 Å². The number of carbonyl (C=O) groups is 2. The molecule has 0 saturated carbocycles. The third kappa shape index (κ3) is 5.75. The number of rotatable bonds is 7. The number of aryl methyl sites for hydroxylation is 1. The Morgan fingerprint density at radius 1 is 0.972 bits per heavy atom. The van der Waals surface area contributed by atoms with E-state index >= 15 is 0 Å². The second kappa shape index (κ2) is 10.7. The van der Waals surface area contributed by atoms with E-state index in [0.29, 0.717) is 16.2 Å². The van der Waals surface area contributed by atoms with E-state index < -0.39 is 23.6 Å². The van der Waals surface area contributed by atoms with E-state index in [0.717, 1.165) is 11.1 Å². The van der Waals surface area contributed by atoms with Crippen LogP contribution in [0.4, 0.5) is 0 Å². The minimum Gasteiger partial charge on any atom is -0.479 e. The average molecular weight is 506 g/mol. The van der Waals surface area contributed by atoms with Crippen molar-refractivity contribution in [1.82, 2.24) is 5.32 Å². The number of amides is 1. The number of nitrogens with one attached hydrogen (secondary N) is 1. The first-order valence-electron chi connectivity index (χ1n) is 11.3. The van der Waals surface area contributed by atoms with E-state index in [1.54, 1.807) is 37.3 Å². The quantitative estimate of drug-likeness (QED) is 0.199. The van der Waals surface area contributed by atoms with Crippen LogP contribution < -0.4 is 20.4 Å². The topological polar surface area (TPSA) is 94.8 Å². The van der Waals surface area contributed by atoms with Gasteiger partial charge in [-0.05, 0) is 68.3 Å². The van der Waals surface area contributed by atoms with Crippen molar-refractivity contribution in [2.45, 2.75) is 32.9 Å². The van der Waals surface area contributed by atoms with Gasteiger partial charge in [0.15, 0.2) is 6.10 Å². The molecule has 0 aliphatic carbocycles. The lowest BCUT2D eigenvalue weighted by molar-refractivity contribution is -0.141. The van der Waals surface area contributed by atoms with Gasteiger partial charge in [0.1, 0.15) is 22.6 Å². The number of halogens is 1. The van der Waals surface area contributed by atoms with Crippen molar-refractivity contribution in [3.05, 3.63) is 105 Å². The predicted molar refractivity (Wildman–Crippen MR) is 137 cm³/mol. The second-order valence-corrected chi connectivity index (χ2v) is 8.78. The molecule has 0 fully saturated rings. The third-order valence-electron chi connectivity index (χ3n) is 5.59. The smallest absolute Gasteiger partial charge is 0.352 e. The van der Waals surface area contributed by atoms with Crippen molar-refractivity contribution < 1.29 is 23.5 Å². The van der Waals surface area contributed by atoms with Crippen LogP contribution in [0.25, 0.3) is 11.0 Å². The predicted octanol–water partition coefficient (Wildman–Crippen LogP) is 5.62. The Morgan fingerprint density at radius 3 is 2.44 bits per heavy atom. The zero-order valence-corrected chi connectivity index (χ0v) is 20.7. The van der Waals surface area contributed by atoms with Crippen molar-refractivity contribution >= 4 is 34.4 Å². The molecule has 0 saturated heterocycles. The summed E-state index contributed by atoms with van der Waals surface area (Å²) in [6.07, 6.45) is -0.898. The van der Waals surface area contributed by atoms with E-state index in [1.165, 1.54) is 12.1 Å². The number of ether oxygens (including phenoxy) is 2. The van der Waals surface area contributed by atoms with Crippen LogP contribution in [0, 0.1) is 6.92 Å². The first-order chi connectivity index (χ1) is 17.2. The molecular formula is C28H24ClNO6. The normalized spacial score (nSPS) is 12.6. The molecule has 1 heterocycles. The monoisotopic (exact) mass is 505 g/mol. The molecule has 0 bridgehead atoms. The van der Waals surface area contributed by atoms with E-state index in [1.807, 2.05) is 44.2 Å². The molecule has 2 atom stereocenters. The minimum absolute atomic E-state index is 0.115. The summed E-state index contributed by atoms with van der Waals surface area (Å²) in [6.45, 7) is 5.22. The highest BCUT2D eigenvalue weighted by Gasteiger charge is 2.20. The van der Waals surface area contributed by atoms with E-state index in [4.69, 9.17) is 25.5 Å². The lowest BCUT2D eigenvalue weighted by atomic mass is 10.1. The summed E-state index contributed by atoms with van der Waals surface area (Å²) >= 11 is 5.96. The van der Waals surface area contributed by atoms with Crippen molar-refractivity contribution in [2.24, 2.45) is 0 Å². The molecule has 3 aromatic carbocycles. The number of hydrogen-bond acceptors (Lipinski definition) is 6.